The molecule has 104 valence electrons. The van der Waals surface area contributed by atoms with Crippen LogP contribution in [0.3, 0.4) is 0 Å². The van der Waals surface area contributed by atoms with Gasteiger partial charge in [0, 0.05) is 29.3 Å². The fourth-order valence-electron chi connectivity index (χ4n) is 2.74. The molecule has 4 heteroatoms. The topological polar surface area (TPSA) is 16.1 Å². The van der Waals surface area contributed by atoms with E-state index in [-0.39, 0.29) is 0 Å². The highest BCUT2D eigenvalue weighted by Crippen LogP contribution is 2.27. The van der Waals surface area contributed by atoms with Gasteiger partial charge in [0.2, 0.25) is 0 Å². The third-order valence-corrected chi connectivity index (χ3v) is 4.43. The van der Waals surface area contributed by atoms with Gasteiger partial charge in [0.15, 0.2) is 0 Å². The molecule has 1 aromatic heterocycles. The maximum Gasteiger partial charge on any atom is 0.133 e. The molecular weight excluding hydrogens is 336 g/mol. The van der Waals surface area contributed by atoms with Crippen molar-refractivity contribution in [2.24, 2.45) is 0 Å². The van der Waals surface area contributed by atoms with Gasteiger partial charge in [0.1, 0.15) is 5.82 Å². The smallest absolute Gasteiger partial charge is 0.133 e. The van der Waals surface area contributed by atoms with Gasteiger partial charge >= 0.3 is 0 Å². The number of hydrogen-bond donors (Lipinski definition) is 0. The molecule has 0 amide bonds. The number of rotatable bonds is 2. The summed E-state index contributed by atoms with van der Waals surface area (Å²) in [5.41, 5.74) is 3.94. The molecule has 20 heavy (non-hydrogen) atoms. The molecule has 1 aliphatic rings. The summed E-state index contributed by atoms with van der Waals surface area (Å²) in [5, 5.41) is 0. The largest absolute Gasteiger partial charge is 0.352 e. The number of aromatic nitrogens is 1. The van der Waals surface area contributed by atoms with Gasteiger partial charge in [-0.15, -0.1) is 11.6 Å². The number of benzene rings is 1. The summed E-state index contributed by atoms with van der Waals surface area (Å²) in [4.78, 5) is 6.93. The van der Waals surface area contributed by atoms with Crippen LogP contribution in [0.1, 0.15) is 23.1 Å². The van der Waals surface area contributed by atoms with Crippen molar-refractivity contribution < 1.29 is 0 Å². The molecule has 2 heterocycles. The highest BCUT2D eigenvalue weighted by atomic mass is 79.9. The number of nitrogens with zero attached hydrogens (tertiary/aromatic N) is 2. The van der Waals surface area contributed by atoms with E-state index in [0.29, 0.717) is 5.88 Å². The Morgan fingerprint density at radius 3 is 2.85 bits per heavy atom. The van der Waals surface area contributed by atoms with Crippen molar-refractivity contribution in [3.63, 3.8) is 0 Å². The van der Waals surface area contributed by atoms with E-state index in [4.69, 9.17) is 11.6 Å². The fraction of sp³-hybridized carbons (Fsp3) is 0.312. The van der Waals surface area contributed by atoms with Crippen LogP contribution >= 0.6 is 27.5 Å². The SMILES string of the molecule is ClCc1cc(Br)cnc1N1CCCc2ccccc2C1. The highest BCUT2D eigenvalue weighted by molar-refractivity contribution is 9.10. The van der Waals surface area contributed by atoms with E-state index in [2.05, 4.69) is 56.1 Å². The number of alkyl halides is 1. The Morgan fingerprint density at radius 2 is 2.05 bits per heavy atom. The Morgan fingerprint density at radius 1 is 1.25 bits per heavy atom. The van der Waals surface area contributed by atoms with Gasteiger partial charge in [-0.25, -0.2) is 4.98 Å². The zero-order valence-electron chi connectivity index (χ0n) is 11.1. The lowest BCUT2D eigenvalue weighted by Gasteiger charge is -2.24. The van der Waals surface area contributed by atoms with Gasteiger partial charge < -0.3 is 4.90 Å². The first-order valence-corrected chi connectivity index (χ1v) is 8.13. The van der Waals surface area contributed by atoms with Crippen LogP contribution < -0.4 is 4.90 Å². The number of aryl methyl sites for hydroxylation is 1. The molecule has 0 N–H and O–H groups in total. The zero-order valence-corrected chi connectivity index (χ0v) is 13.5. The molecule has 0 saturated heterocycles. The Bertz CT molecular complexity index is 615. The van der Waals surface area contributed by atoms with E-state index < -0.39 is 0 Å². The van der Waals surface area contributed by atoms with Crippen molar-refractivity contribution in [2.45, 2.75) is 25.3 Å². The average molecular weight is 352 g/mol. The van der Waals surface area contributed by atoms with Crippen molar-refractivity contribution in [3.8, 4) is 0 Å². The number of halogens is 2. The van der Waals surface area contributed by atoms with Crippen molar-refractivity contribution >= 4 is 33.3 Å². The molecule has 2 aromatic rings. The summed E-state index contributed by atoms with van der Waals surface area (Å²) in [5.74, 6) is 1.50. The van der Waals surface area contributed by atoms with Gasteiger partial charge in [-0.2, -0.15) is 0 Å². The van der Waals surface area contributed by atoms with Crippen LogP contribution in [0.2, 0.25) is 0 Å². The molecule has 0 bridgehead atoms. The number of fused-ring (bicyclic) bond motifs is 1. The summed E-state index contributed by atoms with van der Waals surface area (Å²) in [6.45, 7) is 1.93. The Kier molecular flexibility index (Phi) is 4.27. The van der Waals surface area contributed by atoms with Gasteiger partial charge in [-0.1, -0.05) is 24.3 Å². The quantitative estimate of drug-likeness (QED) is 0.739. The van der Waals surface area contributed by atoms with Crippen LogP contribution in [0.25, 0.3) is 0 Å². The predicted octanol–water partition coefficient (Wildman–Crippen LogP) is 4.54. The zero-order chi connectivity index (χ0) is 13.9. The first kappa shape index (κ1) is 13.9. The first-order chi connectivity index (χ1) is 9.78. The van der Waals surface area contributed by atoms with Crippen LogP contribution in [0.5, 0.6) is 0 Å². The fourth-order valence-corrected chi connectivity index (χ4v) is 3.31. The molecular formula is C16H16BrClN2. The van der Waals surface area contributed by atoms with Gasteiger partial charge in [0.25, 0.3) is 0 Å². The minimum atomic E-state index is 0.486. The summed E-state index contributed by atoms with van der Waals surface area (Å²) in [7, 11) is 0. The molecule has 0 aliphatic carbocycles. The van der Waals surface area contributed by atoms with Gasteiger partial charge in [-0.05, 0) is 46.0 Å². The Balaban J connectivity index is 1.95. The second-order valence-electron chi connectivity index (χ2n) is 5.06. The third-order valence-electron chi connectivity index (χ3n) is 3.71. The predicted molar refractivity (Wildman–Crippen MR) is 87.3 cm³/mol. The lowest BCUT2D eigenvalue weighted by Crippen LogP contribution is -2.24. The number of hydrogen-bond acceptors (Lipinski definition) is 2. The molecule has 2 nitrogen and oxygen atoms in total. The van der Waals surface area contributed by atoms with Gasteiger partial charge in [0.05, 0.1) is 5.88 Å². The lowest BCUT2D eigenvalue weighted by molar-refractivity contribution is 0.751. The van der Waals surface area contributed by atoms with Gasteiger partial charge in [-0.3, -0.25) is 0 Å². The summed E-state index contributed by atoms with van der Waals surface area (Å²) in [6.07, 6.45) is 4.14. The molecule has 0 spiro atoms. The van der Waals surface area contributed by atoms with Crippen LogP contribution in [-0.4, -0.2) is 11.5 Å². The lowest BCUT2D eigenvalue weighted by atomic mass is 10.0. The average Bonchev–Trinajstić information content (AvgIpc) is 2.69. The normalized spacial score (nSPS) is 14.8. The molecule has 3 rings (SSSR count). The van der Waals surface area contributed by atoms with E-state index in [1.807, 2.05) is 6.20 Å². The third kappa shape index (κ3) is 2.84. The van der Waals surface area contributed by atoms with Crippen LogP contribution in [0, 0.1) is 0 Å². The van der Waals surface area contributed by atoms with Crippen molar-refractivity contribution in [2.75, 3.05) is 11.4 Å². The second-order valence-corrected chi connectivity index (χ2v) is 6.25. The second kappa shape index (κ2) is 6.15. The summed E-state index contributed by atoms with van der Waals surface area (Å²) >= 11 is 9.54. The summed E-state index contributed by atoms with van der Waals surface area (Å²) < 4.78 is 0.979. The van der Waals surface area contributed by atoms with Crippen molar-refractivity contribution in [1.29, 1.82) is 0 Å². The van der Waals surface area contributed by atoms with E-state index in [9.17, 15) is 0 Å². The molecule has 1 aromatic carbocycles. The summed E-state index contributed by atoms with van der Waals surface area (Å²) in [6, 6.07) is 10.7. The number of anilines is 1. The molecule has 0 unspecified atom stereocenters. The van der Waals surface area contributed by atoms with Crippen molar-refractivity contribution in [3.05, 3.63) is 57.7 Å². The Labute approximate surface area is 132 Å². The molecule has 0 saturated carbocycles. The standard InChI is InChI=1S/C16H16BrClN2/c17-15-8-14(9-18)16(19-10-15)20-7-3-6-12-4-1-2-5-13(12)11-20/h1-2,4-5,8,10H,3,6-7,9,11H2. The number of pyridine rings is 1. The highest BCUT2D eigenvalue weighted by Gasteiger charge is 2.17. The van der Waals surface area contributed by atoms with Crippen LogP contribution in [-0.2, 0) is 18.8 Å². The van der Waals surface area contributed by atoms with Crippen molar-refractivity contribution in [1.82, 2.24) is 4.98 Å². The Hall–Kier alpha value is -1.06. The van der Waals surface area contributed by atoms with E-state index in [0.717, 1.165) is 41.8 Å². The molecule has 1 aliphatic heterocycles. The monoisotopic (exact) mass is 350 g/mol. The van der Waals surface area contributed by atoms with E-state index >= 15 is 0 Å². The molecule has 0 radical (unpaired) electrons. The minimum Gasteiger partial charge on any atom is -0.352 e. The first-order valence-electron chi connectivity index (χ1n) is 6.80. The van der Waals surface area contributed by atoms with E-state index in [1.165, 1.54) is 11.1 Å². The maximum atomic E-state index is 6.08. The van der Waals surface area contributed by atoms with E-state index in [1.54, 1.807) is 0 Å². The van der Waals surface area contributed by atoms with Crippen LogP contribution in [0.4, 0.5) is 5.82 Å². The molecule has 0 fully saturated rings. The molecule has 0 atom stereocenters. The maximum absolute atomic E-state index is 6.08. The van der Waals surface area contributed by atoms with Crippen LogP contribution in [0.15, 0.2) is 41.0 Å². The minimum absolute atomic E-state index is 0.486.